The first-order valence-corrected chi connectivity index (χ1v) is 6.20. The highest BCUT2D eigenvalue weighted by Gasteiger charge is 2.16. The van der Waals surface area contributed by atoms with Gasteiger partial charge in [-0.25, -0.2) is 0 Å². The summed E-state index contributed by atoms with van der Waals surface area (Å²) in [7, 11) is 2.02. The summed E-state index contributed by atoms with van der Waals surface area (Å²) in [5.74, 6) is 0.788. The summed E-state index contributed by atoms with van der Waals surface area (Å²) < 4.78 is 5.80. The summed E-state index contributed by atoms with van der Waals surface area (Å²) in [6.07, 6.45) is 3.80. The van der Waals surface area contributed by atoms with Gasteiger partial charge in [0, 0.05) is 6.04 Å². The van der Waals surface area contributed by atoms with Crippen LogP contribution in [0.5, 0.6) is 0 Å². The highest BCUT2D eigenvalue weighted by atomic mass is 16.5. The third-order valence-corrected chi connectivity index (χ3v) is 2.59. The van der Waals surface area contributed by atoms with E-state index in [-0.39, 0.29) is 5.60 Å². The van der Waals surface area contributed by atoms with Gasteiger partial charge >= 0.3 is 0 Å². The van der Waals surface area contributed by atoms with Crippen LogP contribution in [0.1, 0.15) is 53.9 Å². The molecule has 0 bridgehead atoms. The van der Waals surface area contributed by atoms with Gasteiger partial charge in [-0.2, -0.15) is 0 Å². The first kappa shape index (κ1) is 14.9. The van der Waals surface area contributed by atoms with Crippen molar-refractivity contribution >= 4 is 0 Å². The molecule has 0 aliphatic rings. The van der Waals surface area contributed by atoms with E-state index >= 15 is 0 Å². The van der Waals surface area contributed by atoms with E-state index in [4.69, 9.17) is 4.74 Å². The Kier molecular flexibility index (Phi) is 7.20. The highest BCUT2D eigenvalue weighted by Crippen LogP contribution is 2.14. The van der Waals surface area contributed by atoms with Crippen molar-refractivity contribution in [1.82, 2.24) is 5.32 Å². The Morgan fingerprint density at radius 1 is 1.27 bits per heavy atom. The Morgan fingerprint density at radius 2 is 1.87 bits per heavy atom. The molecule has 2 heteroatoms. The maximum atomic E-state index is 5.80. The van der Waals surface area contributed by atoms with E-state index in [1.807, 2.05) is 7.05 Å². The quantitative estimate of drug-likeness (QED) is 0.704. The van der Waals surface area contributed by atoms with Crippen LogP contribution in [0.15, 0.2) is 0 Å². The van der Waals surface area contributed by atoms with Crippen molar-refractivity contribution in [3.8, 4) is 0 Å². The Bertz CT molecular complexity index is 151. The predicted octanol–water partition coefficient (Wildman–Crippen LogP) is 3.22. The lowest BCUT2D eigenvalue weighted by molar-refractivity contribution is -0.0162. The minimum absolute atomic E-state index is 0.0247. The molecular formula is C13H29NO. The summed E-state index contributed by atoms with van der Waals surface area (Å²) in [6, 6.07) is 0.491. The molecule has 2 unspecified atom stereocenters. The van der Waals surface area contributed by atoms with Crippen LogP contribution in [-0.4, -0.2) is 25.3 Å². The molecule has 0 aliphatic carbocycles. The zero-order valence-corrected chi connectivity index (χ0v) is 11.4. The predicted molar refractivity (Wildman–Crippen MR) is 67.2 cm³/mol. The van der Waals surface area contributed by atoms with E-state index in [2.05, 4.69) is 39.9 Å². The molecule has 15 heavy (non-hydrogen) atoms. The van der Waals surface area contributed by atoms with Crippen molar-refractivity contribution in [3.05, 3.63) is 0 Å². The van der Waals surface area contributed by atoms with Gasteiger partial charge in [0.2, 0.25) is 0 Å². The third-order valence-electron chi connectivity index (χ3n) is 2.59. The maximum absolute atomic E-state index is 5.80. The fraction of sp³-hybridized carbons (Fsp3) is 1.00. The Balaban J connectivity index is 3.82. The molecule has 0 amide bonds. The van der Waals surface area contributed by atoms with Gasteiger partial charge in [0.25, 0.3) is 0 Å². The van der Waals surface area contributed by atoms with Crippen LogP contribution in [0.2, 0.25) is 0 Å². The first-order chi connectivity index (χ1) is 6.89. The molecule has 2 nitrogen and oxygen atoms in total. The summed E-state index contributed by atoms with van der Waals surface area (Å²) in [5, 5.41) is 3.34. The molecule has 0 radical (unpaired) electrons. The van der Waals surface area contributed by atoms with Crippen LogP contribution in [0.4, 0.5) is 0 Å². The minimum Gasteiger partial charge on any atom is -0.374 e. The molecule has 1 N–H and O–H groups in total. The second-order valence-corrected chi connectivity index (χ2v) is 5.54. The molecule has 0 aromatic rings. The highest BCUT2D eigenvalue weighted by molar-refractivity contribution is 4.70. The fourth-order valence-corrected chi connectivity index (χ4v) is 1.72. The lowest BCUT2D eigenvalue weighted by Gasteiger charge is -2.26. The van der Waals surface area contributed by atoms with Gasteiger partial charge < -0.3 is 10.1 Å². The second kappa shape index (κ2) is 7.24. The number of rotatable bonds is 7. The van der Waals surface area contributed by atoms with E-state index in [1.165, 1.54) is 19.3 Å². The van der Waals surface area contributed by atoms with E-state index in [0.717, 1.165) is 12.5 Å². The van der Waals surface area contributed by atoms with Crippen LogP contribution in [-0.2, 0) is 4.74 Å². The van der Waals surface area contributed by atoms with E-state index < -0.39 is 0 Å². The standard InChI is InChI=1S/C13H29NO/c1-7-8-11(2)9-12(14-6)10-15-13(3,4)5/h11-12,14H,7-10H2,1-6H3. The van der Waals surface area contributed by atoms with Crippen LogP contribution < -0.4 is 5.32 Å². The molecule has 0 aromatic heterocycles. The molecule has 0 aromatic carbocycles. The smallest absolute Gasteiger partial charge is 0.0626 e. The van der Waals surface area contributed by atoms with Crippen molar-refractivity contribution in [1.29, 1.82) is 0 Å². The molecule has 0 heterocycles. The topological polar surface area (TPSA) is 21.3 Å². The molecule has 92 valence electrons. The van der Waals surface area contributed by atoms with E-state index in [0.29, 0.717) is 6.04 Å². The first-order valence-electron chi connectivity index (χ1n) is 6.20. The monoisotopic (exact) mass is 215 g/mol. The van der Waals surface area contributed by atoms with Crippen molar-refractivity contribution in [2.24, 2.45) is 5.92 Å². The zero-order valence-electron chi connectivity index (χ0n) is 11.4. The molecule has 2 atom stereocenters. The number of ether oxygens (including phenoxy) is 1. The fourth-order valence-electron chi connectivity index (χ4n) is 1.72. The molecule has 0 saturated carbocycles. The number of hydrogen-bond donors (Lipinski definition) is 1. The van der Waals surface area contributed by atoms with Crippen LogP contribution in [0.3, 0.4) is 0 Å². The maximum Gasteiger partial charge on any atom is 0.0626 e. The van der Waals surface area contributed by atoms with Crippen LogP contribution in [0, 0.1) is 5.92 Å². The van der Waals surface area contributed by atoms with Gasteiger partial charge in [0.05, 0.1) is 12.2 Å². The number of likely N-dealkylation sites (N-methyl/N-ethyl adjacent to an activating group) is 1. The lowest BCUT2D eigenvalue weighted by Crippen LogP contribution is -2.35. The Morgan fingerprint density at radius 3 is 2.27 bits per heavy atom. The Hall–Kier alpha value is -0.0800. The third kappa shape index (κ3) is 8.88. The van der Waals surface area contributed by atoms with Gasteiger partial charge in [0.15, 0.2) is 0 Å². The van der Waals surface area contributed by atoms with Gasteiger partial charge in [-0.1, -0.05) is 26.7 Å². The van der Waals surface area contributed by atoms with Gasteiger partial charge in [0.1, 0.15) is 0 Å². The number of nitrogens with one attached hydrogen (secondary N) is 1. The molecule has 0 rings (SSSR count). The van der Waals surface area contributed by atoms with Gasteiger partial charge in [-0.05, 0) is 40.2 Å². The Labute approximate surface area is 95.8 Å². The molecular weight excluding hydrogens is 186 g/mol. The lowest BCUT2D eigenvalue weighted by atomic mass is 9.97. The second-order valence-electron chi connectivity index (χ2n) is 5.54. The van der Waals surface area contributed by atoms with Crippen molar-refractivity contribution < 1.29 is 4.74 Å². The molecule has 0 aliphatic heterocycles. The average Bonchev–Trinajstić information content (AvgIpc) is 2.11. The summed E-state index contributed by atoms with van der Waals surface area (Å²) in [5.41, 5.74) is -0.0247. The molecule has 0 saturated heterocycles. The van der Waals surface area contributed by atoms with Crippen LogP contribution >= 0.6 is 0 Å². The van der Waals surface area contributed by atoms with Crippen molar-refractivity contribution in [2.45, 2.75) is 65.5 Å². The van der Waals surface area contributed by atoms with Crippen LogP contribution in [0.25, 0.3) is 0 Å². The summed E-state index contributed by atoms with van der Waals surface area (Å²) in [6.45, 7) is 11.7. The van der Waals surface area contributed by atoms with E-state index in [1.54, 1.807) is 0 Å². The van der Waals surface area contributed by atoms with Gasteiger partial charge in [-0.3, -0.25) is 0 Å². The summed E-state index contributed by atoms with van der Waals surface area (Å²) in [4.78, 5) is 0. The van der Waals surface area contributed by atoms with Crippen molar-refractivity contribution in [2.75, 3.05) is 13.7 Å². The van der Waals surface area contributed by atoms with Crippen molar-refractivity contribution in [3.63, 3.8) is 0 Å². The molecule has 0 fully saturated rings. The zero-order chi connectivity index (χ0) is 11.9. The van der Waals surface area contributed by atoms with Gasteiger partial charge in [-0.15, -0.1) is 0 Å². The average molecular weight is 215 g/mol. The largest absolute Gasteiger partial charge is 0.374 e. The van der Waals surface area contributed by atoms with E-state index in [9.17, 15) is 0 Å². The normalized spacial score (nSPS) is 16.4. The SMILES string of the molecule is CCCC(C)CC(COC(C)(C)C)NC. The molecule has 0 spiro atoms. The summed E-state index contributed by atoms with van der Waals surface area (Å²) >= 11 is 0. The number of hydrogen-bond acceptors (Lipinski definition) is 2. The minimum atomic E-state index is -0.0247.